The molecule has 2 aromatic carbocycles. The minimum atomic E-state index is -0.570. The van der Waals surface area contributed by atoms with E-state index in [1.807, 2.05) is 54.6 Å². The number of hydrogen-bond acceptors (Lipinski definition) is 4. The summed E-state index contributed by atoms with van der Waals surface area (Å²) < 4.78 is 11.5. The predicted octanol–water partition coefficient (Wildman–Crippen LogP) is 3.99. The highest BCUT2D eigenvalue weighted by molar-refractivity contribution is 9.10. The van der Waals surface area contributed by atoms with Crippen molar-refractivity contribution in [2.75, 3.05) is 20.3 Å². The zero-order valence-electron chi connectivity index (χ0n) is 15.8. The SMILES string of the molecule is CCOC(=O)/C(=C/c1ccccc1)CN1C(=O)[C@@H](OC)[C@H]1c1ccccc1Br. The molecule has 1 aliphatic rings. The van der Waals surface area contributed by atoms with Gasteiger partial charge in [0.2, 0.25) is 0 Å². The molecule has 0 aliphatic carbocycles. The zero-order chi connectivity index (χ0) is 20.1. The lowest BCUT2D eigenvalue weighted by Crippen LogP contribution is -2.60. The Morgan fingerprint density at radius 1 is 1.14 bits per heavy atom. The van der Waals surface area contributed by atoms with Gasteiger partial charge in [0, 0.05) is 11.6 Å². The van der Waals surface area contributed by atoms with E-state index in [0.717, 1.165) is 15.6 Å². The number of amides is 1. The summed E-state index contributed by atoms with van der Waals surface area (Å²) in [7, 11) is 1.52. The number of rotatable bonds is 7. The fourth-order valence-electron chi connectivity index (χ4n) is 3.30. The van der Waals surface area contributed by atoms with Crippen molar-refractivity contribution in [1.82, 2.24) is 4.90 Å². The highest BCUT2D eigenvalue weighted by atomic mass is 79.9. The van der Waals surface area contributed by atoms with E-state index in [-0.39, 0.29) is 25.1 Å². The maximum absolute atomic E-state index is 12.7. The lowest BCUT2D eigenvalue weighted by Gasteiger charge is -2.46. The van der Waals surface area contributed by atoms with Crippen LogP contribution in [-0.4, -0.2) is 43.1 Å². The number of hydrogen-bond donors (Lipinski definition) is 0. The molecule has 0 saturated carbocycles. The van der Waals surface area contributed by atoms with Gasteiger partial charge in [-0.1, -0.05) is 64.5 Å². The summed E-state index contributed by atoms with van der Waals surface area (Å²) in [6.45, 7) is 2.18. The standard InChI is InChI=1S/C22H22BrNO4/c1-3-28-22(26)16(13-15-9-5-4-6-10-15)14-24-19(20(27-2)21(24)25)17-11-7-8-12-18(17)23/h4-13,19-20H,3,14H2,1-2H3/b16-13+/t19-,20+/m1/s1. The molecule has 0 spiro atoms. The molecule has 3 rings (SSSR count). The Hall–Kier alpha value is -2.44. The summed E-state index contributed by atoms with van der Waals surface area (Å²) in [5, 5.41) is 0. The normalized spacial score (nSPS) is 19.3. The minimum absolute atomic E-state index is 0.147. The van der Waals surface area contributed by atoms with Gasteiger partial charge in [-0.2, -0.15) is 0 Å². The van der Waals surface area contributed by atoms with Crippen molar-refractivity contribution in [2.24, 2.45) is 0 Å². The largest absolute Gasteiger partial charge is 0.463 e. The summed E-state index contributed by atoms with van der Waals surface area (Å²) >= 11 is 3.55. The zero-order valence-corrected chi connectivity index (χ0v) is 17.4. The quantitative estimate of drug-likeness (QED) is 0.368. The molecule has 146 valence electrons. The van der Waals surface area contributed by atoms with Crippen LogP contribution in [0.1, 0.15) is 24.1 Å². The van der Waals surface area contributed by atoms with Crippen molar-refractivity contribution in [3.63, 3.8) is 0 Å². The lowest BCUT2D eigenvalue weighted by molar-refractivity contribution is -0.170. The molecular formula is C22H22BrNO4. The third-order valence-corrected chi connectivity index (χ3v) is 5.37. The highest BCUT2D eigenvalue weighted by Gasteiger charge is 2.49. The summed E-state index contributed by atoms with van der Waals surface area (Å²) in [6.07, 6.45) is 1.20. The third-order valence-electron chi connectivity index (χ3n) is 4.65. The van der Waals surface area contributed by atoms with Gasteiger partial charge >= 0.3 is 5.97 Å². The summed E-state index contributed by atoms with van der Waals surface area (Å²) in [5.74, 6) is -0.572. The smallest absolute Gasteiger partial charge is 0.335 e. The molecule has 6 heteroatoms. The number of β-lactam (4-membered cyclic amide) rings is 1. The molecule has 0 N–H and O–H groups in total. The van der Waals surface area contributed by atoms with E-state index >= 15 is 0 Å². The molecule has 0 unspecified atom stereocenters. The van der Waals surface area contributed by atoms with Gasteiger partial charge in [-0.05, 0) is 30.2 Å². The Labute approximate surface area is 173 Å². The van der Waals surface area contributed by atoms with Gasteiger partial charge in [-0.15, -0.1) is 0 Å². The second-order valence-corrected chi connectivity index (χ2v) is 7.24. The first-order chi connectivity index (χ1) is 13.6. The van der Waals surface area contributed by atoms with Crippen LogP contribution in [0, 0.1) is 0 Å². The van der Waals surface area contributed by atoms with Crippen molar-refractivity contribution >= 4 is 33.9 Å². The third kappa shape index (κ3) is 4.18. The van der Waals surface area contributed by atoms with Crippen LogP contribution in [0.15, 0.2) is 64.6 Å². The van der Waals surface area contributed by atoms with Crippen molar-refractivity contribution in [2.45, 2.75) is 19.1 Å². The molecule has 2 aromatic rings. The molecule has 5 nitrogen and oxygen atoms in total. The van der Waals surface area contributed by atoms with E-state index in [0.29, 0.717) is 5.57 Å². The minimum Gasteiger partial charge on any atom is -0.463 e. The number of methoxy groups -OCH3 is 1. The Balaban J connectivity index is 1.92. The van der Waals surface area contributed by atoms with Gasteiger partial charge in [0.05, 0.1) is 24.8 Å². The first-order valence-electron chi connectivity index (χ1n) is 9.07. The van der Waals surface area contributed by atoms with E-state index in [2.05, 4.69) is 15.9 Å². The van der Waals surface area contributed by atoms with Crippen LogP contribution >= 0.6 is 15.9 Å². The second-order valence-electron chi connectivity index (χ2n) is 6.39. The number of esters is 1. The summed E-state index contributed by atoms with van der Waals surface area (Å²) in [5.41, 5.74) is 2.24. The number of likely N-dealkylation sites (tertiary alicyclic amines) is 1. The van der Waals surface area contributed by atoms with Gasteiger partial charge in [-0.25, -0.2) is 4.79 Å². The molecular weight excluding hydrogens is 422 g/mol. The lowest BCUT2D eigenvalue weighted by atomic mass is 9.89. The number of nitrogens with zero attached hydrogens (tertiary/aromatic N) is 1. The molecule has 1 heterocycles. The number of carbonyl (C=O) groups is 2. The Bertz CT molecular complexity index is 881. The maximum atomic E-state index is 12.7. The van der Waals surface area contributed by atoms with Gasteiger partial charge in [-0.3, -0.25) is 4.79 Å². The Morgan fingerprint density at radius 3 is 2.46 bits per heavy atom. The predicted molar refractivity (Wildman–Crippen MR) is 110 cm³/mol. The first-order valence-corrected chi connectivity index (χ1v) is 9.86. The molecule has 1 fully saturated rings. The van der Waals surface area contributed by atoms with Gasteiger partial charge in [0.25, 0.3) is 5.91 Å². The summed E-state index contributed by atoms with van der Waals surface area (Å²) in [6, 6.07) is 16.9. The van der Waals surface area contributed by atoms with E-state index in [1.54, 1.807) is 17.9 Å². The van der Waals surface area contributed by atoms with E-state index in [4.69, 9.17) is 9.47 Å². The van der Waals surface area contributed by atoms with Crippen LogP contribution in [0.3, 0.4) is 0 Å². The van der Waals surface area contributed by atoms with Crippen LogP contribution in [0.25, 0.3) is 6.08 Å². The average molecular weight is 444 g/mol. The molecule has 2 atom stereocenters. The number of halogens is 1. The number of ether oxygens (including phenoxy) is 2. The second kappa shape index (κ2) is 9.17. The van der Waals surface area contributed by atoms with Crippen molar-refractivity contribution < 1.29 is 19.1 Å². The van der Waals surface area contributed by atoms with Crippen LogP contribution in [0.5, 0.6) is 0 Å². The first kappa shape index (κ1) is 20.3. The van der Waals surface area contributed by atoms with Gasteiger partial charge in [0.1, 0.15) is 0 Å². The van der Waals surface area contributed by atoms with Gasteiger partial charge in [0.15, 0.2) is 6.10 Å². The molecule has 1 aliphatic heterocycles. The Kier molecular flexibility index (Phi) is 6.65. The van der Waals surface area contributed by atoms with Crippen LogP contribution in [-0.2, 0) is 19.1 Å². The topological polar surface area (TPSA) is 55.8 Å². The Morgan fingerprint density at radius 2 is 1.82 bits per heavy atom. The maximum Gasteiger partial charge on any atom is 0.335 e. The van der Waals surface area contributed by atoms with Crippen LogP contribution in [0.2, 0.25) is 0 Å². The van der Waals surface area contributed by atoms with Gasteiger partial charge < -0.3 is 14.4 Å². The molecule has 1 amide bonds. The molecule has 28 heavy (non-hydrogen) atoms. The highest BCUT2D eigenvalue weighted by Crippen LogP contribution is 2.40. The molecule has 0 radical (unpaired) electrons. The number of carbonyl (C=O) groups excluding carboxylic acids is 2. The van der Waals surface area contributed by atoms with Crippen LogP contribution in [0.4, 0.5) is 0 Å². The summed E-state index contributed by atoms with van der Waals surface area (Å²) in [4.78, 5) is 26.8. The number of benzene rings is 2. The fraction of sp³-hybridized carbons (Fsp3) is 0.273. The molecule has 0 bridgehead atoms. The van der Waals surface area contributed by atoms with Crippen LogP contribution < -0.4 is 0 Å². The monoisotopic (exact) mass is 443 g/mol. The molecule has 0 aromatic heterocycles. The van der Waals surface area contributed by atoms with Crippen molar-refractivity contribution in [3.05, 3.63) is 75.8 Å². The van der Waals surface area contributed by atoms with Crippen molar-refractivity contribution in [1.29, 1.82) is 0 Å². The van der Waals surface area contributed by atoms with E-state index < -0.39 is 12.1 Å². The van der Waals surface area contributed by atoms with E-state index in [9.17, 15) is 9.59 Å². The fourth-order valence-corrected chi connectivity index (χ4v) is 3.81. The average Bonchev–Trinajstić information content (AvgIpc) is 2.70. The molecule has 1 saturated heterocycles. The van der Waals surface area contributed by atoms with Crippen molar-refractivity contribution in [3.8, 4) is 0 Å². The van der Waals surface area contributed by atoms with E-state index in [1.165, 1.54) is 7.11 Å².